The number of piperidine rings is 1. The zero-order valence-electron chi connectivity index (χ0n) is 25.9. The number of carbonyl (C=O) groups excluding carboxylic acids is 1. The van der Waals surface area contributed by atoms with E-state index in [0.717, 1.165) is 44.1 Å². The Hall–Kier alpha value is -3.20. The number of hydrogen-bond donors (Lipinski definition) is 2. The van der Waals surface area contributed by atoms with Crippen molar-refractivity contribution >= 4 is 11.7 Å². The third-order valence-corrected chi connectivity index (χ3v) is 8.68. The van der Waals surface area contributed by atoms with Crippen molar-refractivity contribution in [1.82, 2.24) is 20.2 Å². The van der Waals surface area contributed by atoms with E-state index in [1.807, 2.05) is 11.8 Å². The van der Waals surface area contributed by atoms with E-state index in [2.05, 4.69) is 25.3 Å². The number of alkyl halides is 3. The summed E-state index contributed by atoms with van der Waals surface area (Å²) in [7, 11) is 3.17. The lowest BCUT2D eigenvalue weighted by molar-refractivity contribution is -0.274. The van der Waals surface area contributed by atoms with Gasteiger partial charge in [-0.3, -0.25) is 4.79 Å². The Labute approximate surface area is 261 Å². The van der Waals surface area contributed by atoms with E-state index >= 15 is 0 Å². The van der Waals surface area contributed by atoms with Crippen LogP contribution in [0.25, 0.3) is 0 Å². The summed E-state index contributed by atoms with van der Waals surface area (Å²) in [6, 6.07) is 6.41. The molecule has 4 atom stereocenters. The van der Waals surface area contributed by atoms with Gasteiger partial charge < -0.3 is 39.2 Å². The average Bonchev–Trinajstić information content (AvgIpc) is 3.04. The molecule has 1 aromatic heterocycles. The summed E-state index contributed by atoms with van der Waals surface area (Å²) in [5.74, 6) is 0.0590. The highest BCUT2D eigenvalue weighted by Crippen LogP contribution is 2.33. The van der Waals surface area contributed by atoms with Gasteiger partial charge in [-0.2, -0.15) is 9.97 Å². The molecule has 3 aliphatic heterocycles. The number of methoxy groups -OCH3 is 2. The minimum absolute atomic E-state index is 0.0265. The molecule has 0 saturated carbocycles. The van der Waals surface area contributed by atoms with Crippen molar-refractivity contribution in [2.75, 3.05) is 52.4 Å². The number of benzene rings is 1. The lowest BCUT2D eigenvalue weighted by Gasteiger charge is -2.38. The molecule has 1 unspecified atom stereocenters. The summed E-state index contributed by atoms with van der Waals surface area (Å²) in [5, 5.41) is 7.03. The molecular formula is C31H42F3N5O6. The average molecular weight is 638 g/mol. The highest BCUT2D eigenvalue weighted by molar-refractivity contribution is 5.95. The Kier molecular flexibility index (Phi) is 11.0. The topological polar surface area (TPSA) is 116 Å². The van der Waals surface area contributed by atoms with Crippen molar-refractivity contribution in [3.8, 4) is 11.8 Å². The highest BCUT2D eigenvalue weighted by Gasteiger charge is 2.33. The number of rotatable bonds is 10. The largest absolute Gasteiger partial charge is 0.573 e. The maximum Gasteiger partial charge on any atom is 0.573 e. The fourth-order valence-corrected chi connectivity index (χ4v) is 6.19. The number of carbonyl (C=O) groups is 1. The van der Waals surface area contributed by atoms with Crippen LogP contribution in [0.3, 0.4) is 0 Å². The summed E-state index contributed by atoms with van der Waals surface area (Å²) in [4.78, 5) is 24.3. The molecule has 0 spiro atoms. The SMILES string of the molecule is COc1nc(NCC2CCC[C@@H](c3ccc(OC(F)(F)F)cc3)O2)c(C)c(C(=O)N2CCC(N[C@H]3CCOC[C@H]3OC)CC2)n1. The molecule has 45 heavy (non-hydrogen) atoms. The molecule has 0 aliphatic carbocycles. The van der Waals surface area contributed by atoms with Crippen molar-refractivity contribution in [1.29, 1.82) is 0 Å². The zero-order chi connectivity index (χ0) is 32.0. The summed E-state index contributed by atoms with van der Waals surface area (Å²) < 4.78 is 64.3. The molecule has 3 aliphatic rings. The van der Waals surface area contributed by atoms with Crippen molar-refractivity contribution in [2.45, 2.75) is 82.2 Å². The van der Waals surface area contributed by atoms with E-state index in [1.54, 1.807) is 19.2 Å². The van der Waals surface area contributed by atoms with Crippen LogP contribution < -0.4 is 20.1 Å². The minimum atomic E-state index is -4.74. The van der Waals surface area contributed by atoms with E-state index < -0.39 is 6.36 Å². The van der Waals surface area contributed by atoms with Gasteiger partial charge in [0.05, 0.1) is 32.0 Å². The minimum Gasteiger partial charge on any atom is -0.467 e. The standard InChI is InChI=1S/C31H42F3N5O6/c1-19-27(29(40)39-14-11-21(12-15-39)36-24-13-16-43-18-26(24)41-2)37-30(42-3)38-28(19)35-17-23-5-4-6-25(44-23)20-7-9-22(10-8-20)45-31(32,33)34/h7-10,21,23-26,36H,4-6,11-18H2,1-3H3,(H,35,37,38)/t23?,24-,25-,26+/m0/s1. The fourth-order valence-electron chi connectivity index (χ4n) is 6.19. The van der Waals surface area contributed by atoms with Gasteiger partial charge in [0.15, 0.2) is 0 Å². The number of amides is 1. The molecular weight excluding hydrogens is 595 g/mol. The first-order valence-electron chi connectivity index (χ1n) is 15.5. The molecule has 2 aromatic rings. The first-order valence-corrected chi connectivity index (χ1v) is 15.5. The fraction of sp³-hybridized carbons (Fsp3) is 0.645. The first kappa shape index (κ1) is 33.2. The molecule has 5 rings (SSSR count). The first-order chi connectivity index (χ1) is 21.6. The van der Waals surface area contributed by atoms with Crippen molar-refractivity contribution < 1.29 is 41.7 Å². The molecule has 0 bridgehead atoms. The van der Waals surface area contributed by atoms with E-state index in [9.17, 15) is 18.0 Å². The van der Waals surface area contributed by atoms with E-state index in [4.69, 9.17) is 18.9 Å². The van der Waals surface area contributed by atoms with Gasteiger partial charge in [-0.15, -0.1) is 13.2 Å². The lowest BCUT2D eigenvalue weighted by atomic mass is 9.98. The van der Waals surface area contributed by atoms with Crippen LogP contribution in [0.2, 0.25) is 0 Å². The van der Waals surface area contributed by atoms with Crippen LogP contribution in [0, 0.1) is 6.92 Å². The number of likely N-dealkylation sites (tertiary alicyclic amines) is 1. The van der Waals surface area contributed by atoms with Crippen LogP contribution in [0.4, 0.5) is 19.0 Å². The predicted octanol–water partition coefficient (Wildman–Crippen LogP) is 4.41. The van der Waals surface area contributed by atoms with Gasteiger partial charge in [0.2, 0.25) is 0 Å². The van der Waals surface area contributed by atoms with Crippen LogP contribution >= 0.6 is 0 Å². The molecule has 248 valence electrons. The number of ether oxygens (including phenoxy) is 5. The van der Waals surface area contributed by atoms with Crippen LogP contribution in [0.5, 0.6) is 11.8 Å². The Morgan fingerprint density at radius 3 is 2.51 bits per heavy atom. The second-order valence-electron chi connectivity index (χ2n) is 11.7. The Balaban J connectivity index is 1.17. The number of halogens is 3. The maximum atomic E-state index is 13.6. The van der Waals surface area contributed by atoms with E-state index in [0.29, 0.717) is 56.0 Å². The third kappa shape index (κ3) is 8.75. The summed E-state index contributed by atoms with van der Waals surface area (Å²) in [5.41, 5.74) is 1.70. The monoisotopic (exact) mass is 637 g/mol. The predicted molar refractivity (Wildman–Crippen MR) is 158 cm³/mol. The number of aromatic nitrogens is 2. The van der Waals surface area contributed by atoms with Crippen molar-refractivity contribution in [3.05, 3.63) is 41.1 Å². The Morgan fingerprint density at radius 1 is 1.07 bits per heavy atom. The summed E-state index contributed by atoms with van der Waals surface area (Å²) in [6.45, 7) is 4.74. The Bertz CT molecular complexity index is 1280. The molecule has 1 aromatic carbocycles. The lowest BCUT2D eigenvalue weighted by Crippen LogP contribution is -2.54. The molecule has 1 amide bonds. The van der Waals surface area contributed by atoms with E-state index in [-0.39, 0.29) is 42.0 Å². The molecule has 14 heteroatoms. The smallest absolute Gasteiger partial charge is 0.467 e. The number of nitrogens with zero attached hydrogens (tertiary/aromatic N) is 3. The van der Waals surface area contributed by atoms with Crippen LogP contribution in [-0.2, 0) is 14.2 Å². The molecule has 4 heterocycles. The number of hydrogen-bond acceptors (Lipinski definition) is 10. The maximum absolute atomic E-state index is 13.6. The highest BCUT2D eigenvalue weighted by atomic mass is 19.4. The van der Waals surface area contributed by atoms with Gasteiger partial charge in [0, 0.05) is 51.0 Å². The van der Waals surface area contributed by atoms with Gasteiger partial charge in [-0.25, -0.2) is 0 Å². The molecule has 2 N–H and O–H groups in total. The normalized spacial score (nSPS) is 24.7. The van der Waals surface area contributed by atoms with Gasteiger partial charge in [0.25, 0.3) is 5.91 Å². The Morgan fingerprint density at radius 2 is 1.82 bits per heavy atom. The summed E-state index contributed by atoms with van der Waals surface area (Å²) >= 11 is 0. The van der Waals surface area contributed by atoms with Gasteiger partial charge >= 0.3 is 12.4 Å². The third-order valence-electron chi connectivity index (χ3n) is 8.68. The summed E-state index contributed by atoms with van der Waals surface area (Å²) in [6.07, 6.45) is -0.154. The quantitative estimate of drug-likeness (QED) is 0.388. The van der Waals surface area contributed by atoms with Crippen LogP contribution in [0.15, 0.2) is 24.3 Å². The van der Waals surface area contributed by atoms with E-state index in [1.165, 1.54) is 19.2 Å². The van der Waals surface area contributed by atoms with Gasteiger partial charge in [-0.05, 0) is 63.1 Å². The van der Waals surface area contributed by atoms with Gasteiger partial charge in [0.1, 0.15) is 17.3 Å². The number of nitrogens with one attached hydrogen (secondary N) is 2. The van der Waals surface area contributed by atoms with Crippen molar-refractivity contribution in [3.63, 3.8) is 0 Å². The van der Waals surface area contributed by atoms with Gasteiger partial charge in [-0.1, -0.05) is 12.1 Å². The second-order valence-corrected chi connectivity index (χ2v) is 11.7. The number of anilines is 1. The van der Waals surface area contributed by atoms with Crippen LogP contribution in [-0.4, -0.2) is 98.5 Å². The zero-order valence-corrected chi connectivity index (χ0v) is 25.9. The molecule has 11 nitrogen and oxygen atoms in total. The van der Waals surface area contributed by atoms with Crippen molar-refractivity contribution in [2.24, 2.45) is 0 Å². The molecule has 0 radical (unpaired) electrons. The molecule has 3 fully saturated rings. The second kappa shape index (κ2) is 14.9. The molecule has 3 saturated heterocycles. The van der Waals surface area contributed by atoms with Crippen LogP contribution in [0.1, 0.15) is 66.2 Å².